The number of hydrogen-bond donors (Lipinski definition) is 1. The second kappa shape index (κ2) is 6.16. The van der Waals surface area contributed by atoms with Crippen molar-refractivity contribution >= 4 is 28.4 Å². The predicted molar refractivity (Wildman–Crippen MR) is 90.9 cm³/mol. The molecular formula is C17H18N6. The maximum absolute atomic E-state index is 4.61. The van der Waals surface area contributed by atoms with Crippen LogP contribution in [-0.2, 0) is 0 Å². The maximum atomic E-state index is 4.61. The van der Waals surface area contributed by atoms with Crippen molar-refractivity contribution in [2.75, 3.05) is 23.3 Å². The van der Waals surface area contributed by atoms with Gasteiger partial charge in [0, 0.05) is 24.7 Å². The standard InChI is InChI=1S/C17H18N6/c1-2-10-23(11-3-1)15-12-19-22-17(21-15)20-14-8-4-6-13-7-5-9-18-16(13)14/h4-9,12H,1-3,10-11H2,(H,20,21,22). The largest absolute Gasteiger partial charge is 0.355 e. The molecule has 2 aromatic heterocycles. The maximum Gasteiger partial charge on any atom is 0.249 e. The van der Waals surface area contributed by atoms with E-state index in [1.807, 2.05) is 30.3 Å². The van der Waals surface area contributed by atoms with Crippen LogP contribution in [-0.4, -0.2) is 33.3 Å². The number of benzene rings is 1. The Balaban J connectivity index is 1.63. The number of nitrogens with zero attached hydrogens (tertiary/aromatic N) is 5. The summed E-state index contributed by atoms with van der Waals surface area (Å²) in [6, 6.07) is 9.98. The van der Waals surface area contributed by atoms with Crippen LogP contribution in [0.3, 0.4) is 0 Å². The lowest BCUT2D eigenvalue weighted by molar-refractivity contribution is 0.572. The molecule has 6 nitrogen and oxygen atoms in total. The lowest BCUT2D eigenvalue weighted by atomic mass is 10.1. The molecule has 23 heavy (non-hydrogen) atoms. The van der Waals surface area contributed by atoms with Gasteiger partial charge < -0.3 is 10.2 Å². The average Bonchev–Trinajstić information content (AvgIpc) is 2.63. The van der Waals surface area contributed by atoms with Crippen molar-refractivity contribution in [2.24, 2.45) is 0 Å². The zero-order valence-electron chi connectivity index (χ0n) is 12.8. The lowest BCUT2D eigenvalue weighted by Gasteiger charge is -2.27. The fourth-order valence-electron chi connectivity index (χ4n) is 2.95. The number of anilines is 3. The fourth-order valence-corrected chi connectivity index (χ4v) is 2.95. The van der Waals surface area contributed by atoms with Gasteiger partial charge in [-0.2, -0.15) is 10.1 Å². The van der Waals surface area contributed by atoms with Gasteiger partial charge in [0.1, 0.15) is 0 Å². The highest BCUT2D eigenvalue weighted by molar-refractivity contribution is 5.91. The van der Waals surface area contributed by atoms with Gasteiger partial charge in [0.15, 0.2) is 5.82 Å². The minimum atomic E-state index is 0.506. The molecule has 1 saturated heterocycles. The quantitative estimate of drug-likeness (QED) is 0.802. The van der Waals surface area contributed by atoms with Crippen LogP contribution in [0.2, 0.25) is 0 Å². The smallest absolute Gasteiger partial charge is 0.249 e. The number of hydrogen-bond acceptors (Lipinski definition) is 6. The normalized spacial score (nSPS) is 14.9. The second-order valence-electron chi connectivity index (χ2n) is 5.69. The zero-order chi connectivity index (χ0) is 15.5. The van der Waals surface area contributed by atoms with Crippen LogP contribution in [0.4, 0.5) is 17.5 Å². The molecular weight excluding hydrogens is 288 g/mol. The van der Waals surface area contributed by atoms with Crippen molar-refractivity contribution in [1.82, 2.24) is 20.2 Å². The molecule has 0 unspecified atom stereocenters. The van der Waals surface area contributed by atoms with Crippen LogP contribution >= 0.6 is 0 Å². The molecule has 1 aliphatic heterocycles. The zero-order valence-corrected chi connectivity index (χ0v) is 12.8. The van der Waals surface area contributed by atoms with Gasteiger partial charge in [0.25, 0.3) is 0 Å². The summed E-state index contributed by atoms with van der Waals surface area (Å²) in [5.74, 6) is 1.39. The summed E-state index contributed by atoms with van der Waals surface area (Å²) in [6.45, 7) is 2.07. The van der Waals surface area contributed by atoms with E-state index in [4.69, 9.17) is 0 Å². The number of piperidine rings is 1. The van der Waals surface area contributed by atoms with Crippen LogP contribution in [0.5, 0.6) is 0 Å². The van der Waals surface area contributed by atoms with Crippen LogP contribution in [0.1, 0.15) is 19.3 Å². The number of pyridine rings is 1. The second-order valence-corrected chi connectivity index (χ2v) is 5.69. The summed E-state index contributed by atoms with van der Waals surface area (Å²) in [5, 5.41) is 12.5. The van der Waals surface area contributed by atoms with Crippen LogP contribution < -0.4 is 10.2 Å². The number of para-hydroxylation sites is 1. The third kappa shape index (κ3) is 2.92. The molecule has 3 heterocycles. The van der Waals surface area contributed by atoms with Gasteiger partial charge >= 0.3 is 0 Å². The summed E-state index contributed by atoms with van der Waals surface area (Å²) in [7, 11) is 0. The summed E-state index contributed by atoms with van der Waals surface area (Å²) in [5.41, 5.74) is 1.79. The molecule has 1 fully saturated rings. The summed E-state index contributed by atoms with van der Waals surface area (Å²) >= 11 is 0. The molecule has 6 heteroatoms. The highest BCUT2D eigenvalue weighted by Crippen LogP contribution is 2.24. The van der Waals surface area contributed by atoms with Gasteiger partial charge in [-0.25, -0.2) is 0 Å². The first kappa shape index (κ1) is 13.9. The summed E-state index contributed by atoms with van der Waals surface area (Å²) in [4.78, 5) is 11.3. The van der Waals surface area contributed by atoms with Crippen LogP contribution in [0.25, 0.3) is 10.9 Å². The Kier molecular flexibility index (Phi) is 3.71. The molecule has 0 atom stereocenters. The molecule has 116 valence electrons. The Morgan fingerprint density at radius 3 is 2.78 bits per heavy atom. The first-order valence-electron chi connectivity index (χ1n) is 7.95. The number of rotatable bonds is 3. The van der Waals surface area contributed by atoms with E-state index in [9.17, 15) is 0 Å². The molecule has 0 spiro atoms. The van der Waals surface area contributed by atoms with E-state index in [0.717, 1.165) is 35.5 Å². The highest BCUT2D eigenvalue weighted by Gasteiger charge is 2.13. The predicted octanol–water partition coefficient (Wildman–Crippen LogP) is 3.15. The molecule has 1 N–H and O–H groups in total. The van der Waals surface area contributed by atoms with Crippen molar-refractivity contribution in [3.05, 3.63) is 42.7 Å². The van der Waals surface area contributed by atoms with Gasteiger partial charge in [-0.1, -0.05) is 18.2 Å². The van der Waals surface area contributed by atoms with Crippen molar-refractivity contribution in [3.8, 4) is 0 Å². The molecule has 4 rings (SSSR count). The van der Waals surface area contributed by atoms with Crippen molar-refractivity contribution in [1.29, 1.82) is 0 Å². The van der Waals surface area contributed by atoms with Gasteiger partial charge in [0.2, 0.25) is 5.95 Å². The molecule has 1 aromatic carbocycles. The molecule has 0 saturated carbocycles. The topological polar surface area (TPSA) is 66.8 Å². The summed E-state index contributed by atoms with van der Waals surface area (Å²) < 4.78 is 0. The minimum Gasteiger partial charge on any atom is -0.355 e. The Labute approximate surface area is 134 Å². The van der Waals surface area contributed by atoms with Gasteiger partial charge in [0.05, 0.1) is 17.4 Å². The molecule has 0 radical (unpaired) electrons. The van der Waals surface area contributed by atoms with Gasteiger partial charge in [-0.15, -0.1) is 5.10 Å². The molecule has 0 bridgehead atoms. The van der Waals surface area contributed by atoms with E-state index in [2.05, 4.69) is 30.4 Å². The third-order valence-corrected chi connectivity index (χ3v) is 4.11. The molecule has 1 aliphatic rings. The molecule has 0 aliphatic carbocycles. The van der Waals surface area contributed by atoms with Gasteiger partial charge in [-0.05, 0) is 31.4 Å². The Bertz CT molecular complexity index is 808. The lowest BCUT2D eigenvalue weighted by Crippen LogP contribution is -2.30. The van der Waals surface area contributed by atoms with E-state index in [1.165, 1.54) is 19.3 Å². The number of nitrogens with one attached hydrogen (secondary N) is 1. The van der Waals surface area contributed by atoms with E-state index in [1.54, 1.807) is 12.4 Å². The van der Waals surface area contributed by atoms with E-state index in [0.29, 0.717) is 5.95 Å². The van der Waals surface area contributed by atoms with Crippen molar-refractivity contribution in [2.45, 2.75) is 19.3 Å². The van der Waals surface area contributed by atoms with Crippen molar-refractivity contribution < 1.29 is 0 Å². The Hall–Kier alpha value is -2.76. The van der Waals surface area contributed by atoms with E-state index in [-0.39, 0.29) is 0 Å². The highest BCUT2D eigenvalue weighted by atomic mass is 15.3. The first-order valence-corrected chi connectivity index (χ1v) is 7.95. The SMILES string of the molecule is c1cnc2c(Nc3nncc(N4CCCCC4)n3)cccc2c1. The van der Waals surface area contributed by atoms with Gasteiger partial charge in [-0.3, -0.25) is 4.98 Å². The van der Waals surface area contributed by atoms with Crippen LogP contribution in [0.15, 0.2) is 42.7 Å². The monoisotopic (exact) mass is 306 g/mol. The van der Waals surface area contributed by atoms with E-state index >= 15 is 0 Å². The third-order valence-electron chi connectivity index (χ3n) is 4.11. The number of fused-ring (bicyclic) bond motifs is 1. The van der Waals surface area contributed by atoms with E-state index < -0.39 is 0 Å². The molecule has 0 amide bonds. The summed E-state index contributed by atoms with van der Waals surface area (Å²) in [6.07, 6.45) is 7.23. The first-order chi connectivity index (χ1) is 11.4. The Morgan fingerprint density at radius 2 is 1.87 bits per heavy atom. The van der Waals surface area contributed by atoms with Crippen LogP contribution in [0, 0.1) is 0 Å². The number of aromatic nitrogens is 4. The molecule has 3 aromatic rings. The minimum absolute atomic E-state index is 0.506. The average molecular weight is 306 g/mol. The Morgan fingerprint density at radius 1 is 1.00 bits per heavy atom. The van der Waals surface area contributed by atoms with Crippen molar-refractivity contribution in [3.63, 3.8) is 0 Å². The fraction of sp³-hybridized carbons (Fsp3) is 0.294.